The topological polar surface area (TPSA) is 72.0 Å². The van der Waals surface area contributed by atoms with Gasteiger partial charge >= 0.3 is 0 Å². The van der Waals surface area contributed by atoms with Crippen molar-refractivity contribution in [2.45, 2.75) is 13.0 Å². The number of anilines is 1. The third-order valence-corrected chi connectivity index (χ3v) is 2.60. The molecule has 0 aliphatic carbocycles. The van der Waals surface area contributed by atoms with Crippen LogP contribution in [0.4, 0.5) is 5.95 Å². The SMILES string of the molecule is CC(CS(C)(=O)=O)Nc1ncccn1. The maximum Gasteiger partial charge on any atom is 0.222 e. The van der Waals surface area contributed by atoms with Gasteiger partial charge < -0.3 is 5.32 Å². The lowest BCUT2D eigenvalue weighted by atomic mass is 10.4. The van der Waals surface area contributed by atoms with Gasteiger partial charge in [0.05, 0.1) is 5.75 Å². The minimum absolute atomic E-state index is 0.0747. The molecule has 0 saturated carbocycles. The van der Waals surface area contributed by atoms with Crippen LogP contribution in [0.2, 0.25) is 0 Å². The van der Waals surface area contributed by atoms with Crippen molar-refractivity contribution in [2.24, 2.45) is 0 Å². The van der Waals surface area contributed by atoms with E-state index in [4.69, 9.17) is 0 Å². The van der Waals surface area contributed by atoms with Crippen LogP contribution >= 0.6 is 0 Å². The maximum absolute atomic E-state index is 11.0. The molecule has 6 heteroatoms. The van der Waals surface area contributed by atoms with Gasteiger partial charge in [0.1, 0.15) is 9.84 Å². The summed E-state index contributed by atoms with van der Waals surface area (Å²) in [5.41, 5.74) is 0. The van der Waals surface area contributed by atoms with E-state index in [1.54, 1.807) is 25.4 Å². The molecule has 5 nitrogen and oxygen atoms in total. The molecule has 0 saturated heterocycles. The fourth-order valence-corrected chi connectivity index (χ4v) is 2.08. The van der Waals surface area contributed by atoms with Crippen LogP contribution in [-0.4, -0.2) is 36.4 Å². The van der Waals surface area contributed by atoms with Gasteiger partial charge in [0.2, 0.25) is 5.95 Å². The third-order valence-electron chi connectivity index (χ3n) is 1.49. The van der Waals surface area contributed by atoms with Crippen LogP contribution in [-0.2, 0) is 9.84 Å². The van der Waals surface area contributed by atoms with Crippen LogP contribution in [0.1, 0.15) is 6.92 Å². The predicted octanol–water partition coefficient (Wildman–Crippen LogP) is 0.322. The first kappa shape index (κ1) is 10.9. The molecule has 0 aliphatic rings. The zero-order valence-electron chi connectivity index (χ0n) is 8.14. The lowest BCUT2D eigenvalue weighted by Gasteiger charge is -2.11. The molecule has 0 aromatic carbocycles. The van der Waals surface area contributed by atoms with E-state index in [-0.39, 0.29) is 11.8 Å². The first-order chi connectivity index (χ1) is 6.47. The summed E-state index contributed by atoms with van der Waals surface area (Å²) in [6, 6.07) is 1.51. The van der Waals surface area contributed by atoms with Crippen molar-refractivity contribution in [2.75, 3.05) is 17.3 Å². The highest BCUT2D eigenvalue weighted by atomic mass is 32.2. The number of aromatic nitrogens is 2. The lowest BCUT2D eigenvalue weighted by molar-refractivity contribution is 0.597. The van der Waals surface area contributed by atoms with Gasteiger partial charge in [-0.25, -0.2) is 18.4 Å². The predicted molar refractivity (Wildman–Crippen MR) is 54.8 cm³/mol. The molecule has 0 spiro atoms. The molecule has 1 aromatic heterocycles. The van der Waals surface area contributed by atoms with E-state index in [9.17, 15) is 8.42 Å². The normalized spacial score (nSPS) is 13.6. The largest absolute Gasteiger partial charge is 0.351 e. The maximum atomic E-state index is 11.0. The van der Waals surface area contributed by atoms with E-state index in [1.165, 1.54) is 6.26 Å². The van der Waals surface area contributed by atoms with E-state index in [0.717, 1.165) is 0 Å². The summed E-state index contributed by atoms with van der Waals surface area (Å²) < 4.78 is 21.9. The van der Waals surface area contributed by atoms with Crippen molar-refractivity contribution in [3.05, 3.63) is 18.5 Å². The van der Waals surface area contributed by atoms with Crippen LogP contribution in [0.15, 0.2) is 18.5 Å². The Labute approximate surface area is 83.5 Å². The Morgan fingerprint density at radius 3 is 2.50 bits per heavy atom. The molecule has 0 aliphatic heterocycles. The second kappa shape index (κ2) is 4.36. The molecule has 1 atom stereocenters. The van der Waals surface area contributed by atoms with Crippen molar-refractivity contribution in [1.29, 1.82) is 0 Å². The molecule has 1 aromatic rings. The van der Waals surface area contributed by atoms with E-state index in [2.05, 4.69) is 15.3 Å². The highest BCUT2D eigenvalue weighted by Crippen LogP contribution is 1.99. The molecule has 1 rings (SSSR count). The van der Waals surface area contributed by atoms with Gasteiger partial charge in [0, 0.05) is 24.7 Å². The van der Waals surface area contributed by atoms with Crippen LogP contribution in [0, 0.1) is 0 Å². The molecular formula is C8H13N3O2S. The minimum atomic E-state index is -2.96. The van der Waals surface area contributed by atoms with Gasteiger partial charge in [-0.3, -0.25) is 0 Å². The van der Waals surface area contributed by atoms with E-state index in [0.29, 0.717) is 5.95 Å². The zero-order valence-corrected chi connectivity index (χ0v) is 8.95. The summed E-state index contributed by atoms with van der Waals surface area (Å²) in [6.07, 6.45) is 4.40. The second-order valence-electron chi connectivity index (χ2n) is 3.21. The molecule has 1 unspecified atom stereocenters. The summed E-state index contributed by atoms with van der Waals surface area (Å²) in [5, 5.41) is 2.90. The number of nitrogens with one attached hydrogen (secondary N) is 1. The molecule has 1 N–H and O–H groups in total. The number of rotatable bonds is 4. The fraction of sp³-hybridized carbons (Fsp3) is 0.500. The molecular weight excluding hydrogens is 202 g/mol. The Morgan fingerprint density at radius 2 is 2.00 bits per heavy atom. The molecule has 1 heterocycles. The Balaban J connectivity index is 2.54. The Kier molecular flexibility index (Phi) is 3.40. The van der Waals surface area contributed by atoms with Crippen LogP contribution in [0.3, 0.4) is 0 Å². The van der Waals surface area contributed by atoms with Crippen molar-refractivity contribution in [1.82, 2.24) is 9.97 Å². The molecule has 0 amide bonds. The molecule has 14 heavy (non-hydrogen) atoms. The zero-order chi connectivity index (χ0) is 10.6. The van der Waals surface area contributed by atoms with E-state index < -0.39 is 9.84 Å². The van der Waals surface area contributed by atoms with Crippen molar-refractivity contribution in [3.63, 3.8) is 0 Å². The van der Waals surface area contributed by atoms with E-state index >= 15 is 0 Å². The average Bonchev–Trinajstić information content (AvgIpc) is 2.02. The van der Waals surface area contributed by atoms with Crippen LogP contribution < -0.4 is 5.32 Å². The number of sulfone groups is 1. The van der Waals surface area contributed by atoms with Crippen molar-refractivity contribution >= 4 is 15.8 Å². The first-order valence-corrected chi connectivity index (χ1v) is 6.25. The third kappa shape index (κ3) is 4.18. The van der Waals surface area contributed by atoms with Gasteiger partial charge in [-0.1, -0.05) is 0 Å². The van der Waals surface area contributed by atoms with Gasteiger partial charge in [0.25, 0.3) is 0 Å². The quantitative estimate of drug-likeness (QED) is 0.783. The molecule has 0 radical (unpaired) electrons. The summed E-state index contributed by atoms with van der Waals surface area (Å²) >= 11 is 0. The summed E-state index contributed by atoms with van der Waals surface area (Å²) in [4.78, 5) is 7.86. The van der Waals surface area contributed by atoms with Crippen molar-refractivity contribution < 1.29 is 8.42 Å². The highest BCUT2D eigenvalue weighted by Gasteiger charge is 2.10. The highest BCUT2D eigenvalue weighted by molar-refractivity contribution is 7.90. The lowest BCUT2D eigenvalue weighted by Crippen LogP contribution is -2.25. The number of hydrogen-bond donors (Lipinski definition) is 1. The summed E-state index contributed by atoms with van der Waals surface area (Å²) in [7, 11) is -2.96. The minimum Gasteiger partial charge on any atom is -0.351 e. The Hall–Kier alpha value is -1.17. The van der Waals surface area contributed by atoms with Gasteiger partial charge in [-0.2, -0.15) is 0 Å². The standard InChI is InChI=1S/C8H13N3O2S/c1-7(6-14(2,12)13)11-8-9-4-3-5-10-8/h3-5,7H,6H2,1-2H3,(H,9,10,11). The fourth-order valence-electron chi connectivity index (χ4n) is 1.09. The first-order valence-electron chi connectivity index (χ1n) is 4.18. The monoisotopic (exact) mass is 215 g/mol. The summed E-state index contributed by atoms with van der Waals surface area (Å²) in [5.74, 6) is 0.522. The average molecular weight is 215 g/mol. The van der Waals surface area contributed by atoms with Crippen LogP contribution in [0.25, 0.3) is 0 Å². The Bertz CT molecular complexity index is 377. The van der Waals surface area contributed by atoms with Crippen molar-refractivity contribution in [3.8, 4) is 0 Å². The molecule has 0 bridgehead atoms. The van der Waals surface area contributed by atoms with Gasteiger partial charge in [0.15, 0.2) is 0 Å². The Morgan fingerprint density at radius 1 is 1.43 bits per heavy atom. The molecule has 78 valence electrons. The van der Waals surface area contributed by atoms with Crippen LogP contribution in [0.5, 0.6) is 0 Å². The number of hydrogen-bond acceptors (Lipinski definition) is 5. The summed E-state index contributed by atoms with van der Waals surface area (Å²) in [6.45, 7) is 1.78. The van der Waals surface area contributed by atoms with E-state index in [1.807, 2.05) is 0 Å². The molecule has 0 fully saturated rings. The van der Waals surface area contributed by atoms with Gasteiger partial charge in [-0.05, 0) is 13.0 Å². The second-order valence-corrected chi connectivity index (χ2v) is 5.40. The number of nitrogens with zero attached hydrogens (tertiary/aromatic N) is 2. The van der Waals surface area contributed by atoms with Gasteiger partial charge in [-0.15, -0.1) is 0 Å². The smallest absolute Gasteiger partial charge is 0.222 e.